The second kappa shape index (κ2) is 5.91. The zero-order chi connectivity index (χ0) is 13.8. The van der Waals surface area contributed by atoms with Gasteiger partial charge in [0.25, 0.3) is 5.91 Å². The van der Waals surface area contributed by atoms with Crippen LogP contribution in [0.25, 0.3) is 0 Å². The van der Waals surface area contributed by atoms with Crippen LogP contribution < -0.4 is 5.32 Å². The van der Waals surface area contributed by atoms with Gasteiger partial charge >= 0.3 is 0 Å². The first-order valence-electron chi connectivity index (χ1n) is 6.78. The number of nitrogens with one attached hydrogen (secondary N) is 1. The van der Waals surface area contributed by atoms with E-state index in [1.807, 2.05) is 13.8 Å². The average Bonchev–Trinajstić information content (AvgIpc) is 3.08. The highest BCUT2D eigenvalue weighted by molar-refractivity contribution is 5.96. The third-order valence-electron chi connectivity index (χ3n) is 3.55. The summed E-state index contributed by atoms with van der Waals surface area (Å²) >= 11 is 0. The minimum absolute atomic E-state index is 0.0632. The molecule has 1 fully saturated rings. The van der Waals surface area contributed by atoms with Crippen molar-refractivity contribution in [2.24, 2.45) is 0 Å². The smallest absolute Gasteiger partial charge is 0.290 e. The number of nitrogens with zero attached hydrogens (tertiary/aromatic N) is 1. The molecular formula is C14H20N2O3. The third kappa shape index (κ3) is 2.97. The number of hydrogen-bond acceptors (Lipinski definition) is 3. The van der Waals surface area contributed by atoms with Gasteiger partial charge in [-0.15, -0.1) is 0 Å². The minimum atomic E-state index is -0.369. The Bertz CT molecular complexity index is 442. The molecule has 1 saturated heterocycles. The molecule has 5 nitrogen and oxygen atoms in total. The highest BCUT2D eigenvalue weighted by atomic mass is 16.3. The van der Waals surface area contributed by atoms with Gasteiger partial charge in [0.15, 0.2) is 5.76 Å². The first-order valence-corrected chi connectivity index (χ1v) is 6.78. The van der Waals surface area contributed by atoms with Crippen LogP contribution in [0.2, 0.25) is 0 Å². The largest absolute Gasteiger partial charge is 0.459 e. The van der Waals surface area contributed by atoms with Crippen molar-refractivity contribution in [1.82, 2.24) is 10.2 Å². The van der Waals surface area contributed by atoms with E-state index in [0.29, 0.717) is 18.7 Å². The molecule has 104 valence electrons. The van der Waals surface area contributed by atoms with E-state index in [0.717, 1.165) is 12.8 Å². The molecule has 2 amide bonds. The lowest BCUT2D eigenvalue weighted by Crippen LogP contribution is -2.48. The molecule has 1 aliphatic heterocycles. The summed E-state index contributed by atoms with van der Waals surface area (Å²) in [6.07, 6.45) is 3.92. The number of rotatable bonds is 4. The van der Waals surface area contributed by atoms with Crippen LogP contribution in [0.3, 0.4) is 0 Å². The Kier molecular flexibility index (Phi) is 4.24. The van der Waals surface area contributed by atoms with Crippen molar-refractivity contribution in [3.63, 3.8) is 0 Å². The third-order valence-corrected chi connectivity index (χ3v) is 3.55. The molecule has 1 aromatic heterocycles. The zero-order valence-corrected chi connectivity index (χ0v) is 11.4. The number of likely N-dealkylation sites (tertiary alicyclic amines) is 1. The average molecular weight is 264 g/mol. The maximum Gasteiger partial charge on any atom is 0.290 e. The van der Waals surface area contributed by atoms with Crippen LogP contribution in [0, 0.1) is 0 Å². The number of carbonyl (C=O) groups excluding carboxylic acids is 2. The Morgan fingerprint density at radius 2 is 2.37 bits per heavy atom. The summed E-state index contributed by atoms with van der Waals surface area (Å²) < 4.78 is 5.12. The fourth-order valence-corrected chi connectivity index (χ4v) is 2.27. The molecule has 0 saturated carbocycles. The first-order chi connectivity index (χ1) is 9.13. The number of furan rings is 1. The maximum atomic E-state index is 12.2. The predicted octanol–water partition coefficient (Wildman–Crippen LogP) is 1.80. The molecule has 0 spiro atoms. The minimum Gasteiger partial charge on any atom is -0.459 e. The predicted molar refractivity (Wildman–Crippen MR) is 70.7 cm³/mol. The van der Waals surface area contributed by atoms with E-state index in [1.165, 1.54) is 6.26 Å². The molecule has 2 atom stereocenters. The van der Waals surface area contributed by atoms with Crippen LogP contribution >= 0.6 is 0 Å². The standard InChI is InChI=1S/C14H20N2O3/c1-3-10(2)15-13(17)11-6-4-8-16(11)14(18)12-7-5-9-19-12/h5,7,9-11H,3-4,6,8H2,1-2H3,(H,15,17). The van der Waals surface area contributed by atoms with Gasteiger partial charge < -0.3 is 14.6 Å². The van der Waals surface area contributed by atoms with Gasteiger partial charge in [0.1, 0.15) is 6.04 Å². The molecule has 5 heteroatoms. The van der Waals surface area contributed by atoms with E-state index >= 15 is 0 Å². The molecule has 1 aromatic rings. The molecule has 0 aromatic carbocycles. The highest BCUT2D eigenvalue weighted by Gasteiger charge is 2.35. The fourth-order valence-electron chi connectivity index (χ4n) is 2.27. The molecule has 2 heterocycles. The summed E-state index contributed by atoms with van der Waals surface area (Å²) in [5.41, 5.74) is 0. The number of hydrogen-bond donors (Lipinski definition) is 1. The van der Waals surface area contributed by atoms with Gasteiger partial charge in [-0.3, -0.25) is 9.59 Å². The normalized spacial score (nSPS) is 20.3. The first kappa shape index (κ1) is 13.6. The Morgan fingerprint density at radius 1 is 1.58 bits per heavy atom. The number of carbonyl (C=O) groups is 2. The second-order valence-corrected chi connectivity index (χ2v) is 4.95. The van der Waals surface area contributed by atoms with Crippen molar-refractivity contribution in [3.8, 4) is 0 Å². The van der Waals surface area contributed by atoms with Gasteiger partial charge in [-0.1, -0.05) is 6.92 Å². The lowest BCUT2D eigenvalue weighted by atomic mass is 10.1. The van der Waals surface area contributed by atoms with E-state index in [-0.39, 0.29) is 23.9 Å². The summed E-state index contributed by atoms with van der Waals surface area (Å²) in [5, 5.41) is 2.94. The van der Waals surface area contributed by atoms with Crippen LogP contribution in [0.5, 0.6) is 0 Å². The Balaban J connectivity index is 2.04. The van der Waals surface area contributed by atoms with Gasteiger partial charge in [-0.2, -0.15) is 0 Å². The van der Waals surface area contributed by atoms with E-state index in [9.17, 15) is 9.59 Å². The fraction of sp³-hybridized carbons (Fsp3) is 0.571. The summed E-state index contributed by atoms with van der Waals surface area (Å²) in [7, 11) is 0. The van der Waals surface area contributed by atoms with Gasteiger partial charge in [-0.25, -0.2) is 0 Å². The molecule has 2 unspecified atom stereocenters. The Morgan fingerprint density at radius 3 is 3.00 bits per heavy atom. The summed E-state index contributed by atoms with van der Waals surface area (Å²) in [6.45, 7) is 4.59. The SMILES string of the molecule is CCC(C)NC(=O)C1CCCN1C(=O)c1ccco1. The monoisotopic (exact) mass is 264 g/mol. The molecule has 2 rings (SSSR count). The van der Waals surface area contributed by atoms with Crippen molar-refractivity contribution in [3.05, 3.63) is 24.2 Å². The Labute approximate surface area is 113 Å². The van der Waals surface area contributed by atoms with Crippen LogP contribution in [-0.4, -0.2) is 35.3 Å². The van der Waals surface area contributed by atoms with Crippen molar-refractivity contribution in [2.45, 2.75) is 45.2 Å². The summed E-state index contributed by atoms with van der Waals surface area (Å²) in [6, 6.07) is 3.07. The molecule has 0 bridgehead atoms. The molecular weight excluding hydrogens is 244 g/mol. The quantitative estimate of drug-likeness (QED) is 0.902. The van der Waals surface area contributed by atoms with Gasteiger partial charge in [0.05, 0.1) is 6.26 Å². The van der Waals surface area contributed by atoms with Crippen LogP contribution in [0.4, 0.5) is 0 Å². The van der Waals surface area contributed by atoms with Crippen LogP contribution in [0.1, 0.15) is 43.7 Å². The van der Waals surface area contributed by atoms with E-state index in [1.54, 1.807) is 17.0 Å². The topological polar surface area (TPSA) is 62.6 Å². The lowest BCUT2D eigenvalue weighted by molar-refractivity contribution is -0.125. The van der Waals surface area contributed by atoms with E-state index in [4.69, 9.17) is 4.42 Å². The number of amides is 2. The van der Waals surface area contributed by atoms with Crippen LogP contribution in [-0.2, 0) is 4.79 Å². The second-order valence-electron chi connectivity index (χ2n) is 4.95. The van der Waals surface area contributed by atoms with E-state index < -0.39 is 0 Å². The van der Waals surface area contributed by atoms with E-state index in [2.05, 4.69) is 5.32 Å². The van der Waals surface area contributed by atoms with Gasteiger partial charge in [-0.05, 0) is 38.3 Å². The van der Waals surface area contributed by atoms with Crippen molar-refractivity contribution in [2.75, 3.05) is 6.54 Å². The molecule has 19 heavy (non-hydrogen) atoms. The van der Waals surface area contributed by atoms with Gasteiger partial charge in [0, 0.05) is 12.6 Å². The zero-order valence-electron chi connectivity index (χ0n) is 11.4. The maximum absolute atomic E-state index is 12.2. The molecule has 1 N–H and O–H groups in total. The Hall–Kier alpha value is -1.78. The molecule has 1 aliphatic rings. The van der Waals surface area contributed by atoms with Crippen molar-refractivity contribution in [1.29, 1.82) is 0 Å². The van der Waals surface area contributed by atoms with Crippen molar-refractivity contribution >= 4 is 11.8 Å². The lowest BCUT2D eigenvalue weighted by Gasteiger charge is -2.24. The summed E-state index contributed by atoms with van der Waals surface area (Å²) in [5.74, 6) is 0.0294. The van der Waals surface area contributed by atoms with Crippen molar-refractivity contribution < 1.29 is 14.0 Å². The van der Waals surface area contributed by atoms with Gasteiger partial charge in [0.2, 0.25) is 5.91 Å². The molecule has 0 aliphatic carbocycles. The highest BCUT2D eigenvalue weighted by Crippen LogP contribution is 2.20. The molecule has 0 radical (unpaired) electrons. The van der Waals surface area contributed by atoms with Crippen LogP contribution in [0.15, 0.2) is 22.8 Å². The summed E-state index contributed by atoms with van der Waals surface area (Å²) in [4.78, 5) is 26.0.